The molecule has 0 aliphatic carbocycles. The summed E-state index contributed by atoms with van der Waals surface area (Å²) in [6, 6.07) is 0.961. The fourth-order valence-corrected chi connectivity index (χ4v) is 2.01. The Morgan fingerprint density at radius 1 is 1.40 bits per heavy atom. The zero-order chi connectivity index (χ0) is 11.5. The van der Waals surface area contributed by atoms with Gasteiger partial charge in [0, 0.05) is 18.6 Å². The van der Waals surface area contributed by atoms with Gasteiger partial charge in [0.2, 0.25) is 0 Å². The molecule has 1 unspecified atom stereocenters. The van der Waals surface area contributed by atoms with E-state index >= 15 is 0 Å². The minimum Gasteiger partial charge on any atom is -0.394 e. The van der Waals surface area contributed by atoms with Crippen LogP contribution < -0.4 is 5.32 Å². The molecule has 0 radical (unpaired) electrons. The van der Waals surface area contributed by atoms with Gasteiger partial charge < -0.3 is 15.5 Å². The van der Waals surface area contributed by atoms with E-state index in [9.17, 15) is 10.2 Å². The van der Waals surface area contributed by atoms with E-state index in [1.54, 1.807) is 0 Å². The minimum absolute atomic E-state index is 0.0261. The molecule has 1 rings (SSSR count). The van der Waals surface area contributed by atoms with Gasteiger partial charge in [-0.3, -0.25) is 4.90 Å². The van der Waals surface area contributed by atoms with E-state index in [0.29, 0.717) is 12.1 Å². The largest absolute Gasteiger partial charge is 0.394 e. The molecular formula is C11H24N2O2. The fourth-order valence-electron chi connectivity index (χ4n) is 2.01. The van der Waals surface area contributed by atoms with Gasteiger partial charge in [0.1, 0.15) is 0 Å². The smallest absolute Gasteiger partial charge is 0.0633 e. The second-order valence-electron chi connectivity index (χ2n) is 5.10. The summed E-state index contributed by atoms with van der Waals surface area (Å²) in [4.78, 5) is 2.41. The SMILES string of the molecule is CC(C)N1CCC(NC(C)(CO)CO)C1. The Balaban J connectivity index is 2.41. The van der Waals surface area contributed by atoms with Crippen molar-refractivity contribution in [3.8, 4) is 0 Å². The van der Waals surface area contributed by atoms with Gasteiger partial charge in [-0.15, -0.1) is 0 Å². The minimum atomic E-state index is -0.544. The van der Waals surface area contributed by atoms with Gasteiger partial charge in [0.15, 0.2) is 0 Å². The van der Waals surface area contributed by atoms with Crippen LogP contribution in [0.15, 0.2) is 0 Å². The normalized spacial score (nSPS) is 24.0. The van der Waals surface area contributed by atoms with Crippen LogP contribution >= 0.6 is 0 Å². The number of nitrogens with zero attached hydrogens (tertiary/aromatic N) is 1. The van der Waals surface area contributed by atoms with Gasteiger partial charge >= 0.3 is 0 Å². The standard InChI is InChI=1S/C11H24N2O2/c1-9(2)13-5-4-10(6-13)12-11(3,7-14)8-15/h9-10,12,14-15H,4-8H2,1-3H3. The number of rotatable bonds is 5. The van der Waals surface area contributed by atoms with Crippen LogP contribution in [0.4, 0.5) is 0 Å². The molecule has 1 aliphatic rings. The Labute approximate surface area is 92.3 Å². The van der Waals surface area contributed by atoms with Gasteiger partial charge in [-0.05, 0) is 33.7 Å². The van der Waals surface area contributed by atoms with Gasteiger partial charge in [-0.2, -0.15) is 0 Å². The predicted molar refractivity (Wildman–Crippen MR) is 60.8 cm³/mol. The van der Waals surface area contributed by atoms with E-state index in [1.807, 2.05) is 6.92 Å². The summed E-state index contributed by atoms with van der Waals surface area (Å²) in [5.41, 5.74) is -0.544. The summed E-state index contributed by atoms with van der Waals surface area (Å²) >= 11 is 0. The van der Waals surface area contributed by atoms with Crippen molar-refractivity contribution in [3.63, 3.8) is 0 Å². The van der Waals surface area contributed by atoms with E-state index in [0.717, 1.165) is 19.5 Å². The number of hydrogen-bond acceptors (Lipinski definition) is 4. The van der Waals surface area contributed by atoms with Crippen LogP contribution in [0.2, 0.25) is 0 Å². The molecule has 1 aliphatic heterocycles. The van der Waals surface area contributed by atoms with Crippen molar-refractivity contribution in [1.29, 1.82) is 0 Å². The van der Waals surface area contributed by atoms with Crippen molar-refractivity contribution in [2.75, 3.05) is 26.3 Å². The lowest BCUT2D eigenvalue weighted by atomic mass is 10.0. The molecule has 1 saturated heterocycles. The summed E-state index contributed by atoms with van der Waals surface area (Å²) in [5.74, 6) is 0. The Kier molecular flexibility index (Phi) is 4.52. The molecule has 0 bridgehead atoms. The summed E-state index contributed by atoms with van der Waals surface area (Å²) in [7, 11) is 0. The molecule has 4 heteroatoms. The van der Waals surface area contributed by atoms with Crippen LogP contribution in [0, 0.1) is 0 Å². The first kappa shape index (κ1) is 12.9. The van der Waals surface area contributed by atoms with E-state index in [-0.39, 0.29) is 13.2 Å². The summed E-state index contributed by atoms with van der Waals surface area (Å²) in [6.45, 7) is 8.29. The number of aliphatic hydroxyl groups excluding tert-OH is 2. The molecule has 0 aromatic heterocycles. The number of aliphatic hydroxyl groups is 2. The third kappa shape index (κ3) is 3.41. The molecule has 4 nitrogen and oxygen atoms in total. The average molecular weight is 216 g/mol. The Bertz CT molecular complexity index is 193. The predicted octanol–water partition coefficient (Wildman–Crippen LogP) is -0.198. The Hall–Kier alpha value is -0.160. The summed E-state index contributed by atoms with van der Waals surface area (Å²) in [6.07, 6.45) is 1.09. The molecule has 90 valence electrons. The quantitative estimate of drug-likeness (QED) is 0.596. The molecule has 3 N–H and O–H groups in total. The van der Waals surface area contributed by atoms with Crippen LogP contribution in [-0.4, -0.2) is 59.0 Å². The fraction of sp³-hybridized carbons (Fsp3) is 1.00. The van der Waals surface area contributed by atoms with Crippen molar-refractivity contribution in [2.45, 2.75) is 44.8 Å². The van der Waals surface area contributed by atoms with Crippen LogP contribution in [-0.2, 0) is 0 Å². The van der Waals surface area contributed by atoms with Gasteiger partial charge in [-0.1, -0.05) is 0 Å². The van der Waals surface area contributed by atoms with Crippen molar-refractivity contribution < 1.29 is 10.2 Å². The molecule has 15 heavy (non-hydrogen) atoms. The van der Waals surface area contributed by atoms with E-state index in [2.05, 4.69) is 24.1 Å². The molecule has 0 amide bonds. The molecule has 1 fully saturated rings. The molecule has 0 aromatic rings. The molecule has 0 spiro atoms. The highest BCUT2D eigenvalue weighted by Crippen LogP contribution is 2.15. The lowest BCUT2D eigenvalue weighted by molar-refractivity contribution is 0.0938. The van der Waals surface area contributed by atoms with Crippen molar-refractivity contribution in [1.82, 2.24) is 10.2 Å². The first-order valence-electron chi connectivity index (χ1n) is 5.74. The zero-order valence-electron chi connectivity index (χ0n) is 10.0. The maximum atomic E-state index is 9.18. The van der Waals surface area contributed by atoms with Crippen LogP contribution in [0.5, 0.6) is 0 Å². The van der Waals surface area contributed by atoms with Gasteiger partial charge in [0.05, 0.1) is 18.8 Å². The van der Waals surface area contributed by atoms with Crippen molar-refractivity contribution >= 4 is 0 Å². The first-order chi connectivity index (χ1) is 7.00. The van der Waals surface area contributed by atoms with Crippen LogP contribution in [0.1, 0.15) is 27.2 Å². The molecule has 0 saturated carbocycles. The highest BCUT2D eigenvalue weighted by atomic mass is 16.3. The third-order valence-corrected chi connectivity index (χ3v) is 3.20. The topological polar surface area (TPSA) is 55.7 Å². The number of hydrogen-bond donors (Lipinski definition) is 3. The lowest BCUT2D eigenvalue weighted by Gasteiger charge is -2.30. The maximum Gasteiger partial charge on any atom is 0.0633 e. The zero-order valence-corrected chi connectivity index (χ0v) is 10.0. The molecule has 1 atom stereocenters. The molecule has 0 aromatic carbocycles. The van der Waals surface area contributed by atoms with Crippen LogP contribution in [0.25, 0.3) is 0 Å². The molecule has 1 heterocycles. The highest BCUT2D eigenvalue weighted by Gasteiger charge is 2.30. The second-order valence-corrected chi connectivity index (χ2v) is 5.10. The van der Waals surface area contributed by atoms with E-state index in [1.165, 1.54) is 0 Å². The third-order valence-electron chi connectivity index (χ3n) is 3.20. The Morgan fingerprint density at radius 2 is 2.00 bits per heavy atom. The van der Waals surface area contributed by atoms with Gasteiger partial charge in [0.25, 0.3) is 0 Å². The van der Waals surface area contributed by atoms with Gasteiger partial charge in [-0.25, -0.2) is 0 Å². The van der Waals surface area contributed by atoms with E-state index < -0.39 is 5.54 Å². The maximum absolute atomic E-state index is 9.18. The van der Waals surface area contributed by atoms with Crippen molar-refractivity contribution in [2.24, 2.45) is 0 Å². The second kappa shape index (κ2) is 5.25. The first-order valence-corrected chi connectivity index (χ1v) is 5.74. The average Bonchev–Trinajstić information content (AvgIpc) is 2.66. The highest BCUT2D eigenvalue weighted by molar-refractivity contribution is 4.90. The summed E-state index contributed by atoms with van der Waals surface area (Å²) in [5, 5.41) is 21.7. The number of likely N-dealkylation sites (tertiary alicyclic amines) is 1. The Morgan fingerprint density at radius 3 is 2.40 bits per heavy atom. The lowest BCUT2D eigenvalue weighted by Crippen LogP contribution is -2.54. The number of nitrogens with one attached hydrogen (secondary N) is 1. The van der Waals surface area contributed by atoms with Crippen molar-refractivity contribution in [3.05, 3.63) is 0 Å². The summed E-state index contributed by atoms with van der Waals surface area (Å²) < 4.78 is 0. The van der Waals surface area contributed by atoms with Crippen LogP contribution in [0.3, 0.4) is 0 Å². The molecular weight excluding hydrogens is 192 g/mol. The monoisotopic (exact) mass is 216 g/mol. The van der Waals surface area contributed by atoms with E-state index in [4.69, 9.17) is 0 Å².